The summed E-state index contributed by atoms with van der Waals surface area (Å²) in [6.45, 7) is 10.4. The molecule has 0 saturated heterocycles. The van der Waals surface area contributed by atoms with Crippen LogP contribution in [0.4, 0.5) is 0 Å². The number of aliphatic hydroxyl groups is 2. The van der Waals surface area contributed by atoms with Gasteiger partial charge in [0, 0.05) is 10.2 Å². The van der Waals surface area contributed by atoms with E-state index in [4.69, 9.17) is 0 Å². The Balaban J connectivity index is 2.45. The standard InChI is InChI=1S/C15H23BrO2/c1-10-9-11(17)12(16)13(2,3)15(10)7-5-14(4,18)6-8-15/h5,7,11-12,17-18H,1,6,8-9H2,2-4H3/t11-,12-,14+,15-/m1/s1. The van der Waals surface area contributed by atoms with Gasteiger partial charge in [-0.25, -0.2) is 0 Å². The van der Waals surface area contributed by atoms with E-state index in [1.807, 2.05) is 13.0 Å². The predicted molar refractivity (Wildman–Crippen MR) is 77.7 cm³/mol. The van der Waals surface area contributed by atoms with Crippen LogP contribution < -0.4 is 0 Å². The highest BCUT2D eigenvalue weighted by Gasteiger charge is 2.55. The molecule has 2 aliphatic carbocycles. The van der Waals surface area contributed by atoms with Crippen molar-refractivity contribution in [1.82, 2.24) is 0 Å². The molecule has 2 nitrogen and oxygen atoms in total. The molecule has 0 aromatic carbocycles. The van der Waals surface area contributed by atoms with Crippen molar-refractivity contribution in [3.05, 3.63) is 24.3 Å². The fraction of sp³-hybridized carbons (Fsp3) is 0.733. The Morgan fingerprint density at radius 1 is 1.28 bits per heavy atom. The molecule has 2 aliphatic rings. The van der Waals surface area contributed by atoms with Gasteiger partial charge in [0.1, 0.15) is 0 Å². The summed E-state index contributed by atoms with van der Waals surface area (Å²) in [4.78, 5) is 0.0446. The van der Waals surface area contributed by atoms with E-state index in [-0.39, 0.29) is 21.8 Å². The molecule has 0 aromatic heterocycles. The molecule has 0 heterocycles. The molecular formula is C15H23BrO2. The van der Waals surface area contributed by atoms with Gasteiger partial charge in [-0.05, 0) is 31.6 Å². The van der Waals surface area contributed by atoms with Gasteiger partial charge in [-0.1, -0.05) is 54.1 Å². The summed E-state index contributed by atoms with van der Waals surface area (Å²) in [5, 5.41) is 20.2. The number of hydrogen-bond acceptors (Lipinski definition) is 2. The lowest BCUT2D eigenvalue weighted by molar-refractivity contribution is 0.00234. The second-order valence-electron chi connectivity index (χ2n) is 6.66. The summed E-state index contributed by atoms with van der Waals surface area (Å²) >= 11 is 3.65. The molecule has 3 heteroatoms. The lowest BCUT2D eigenvalue weighted by Crippen LogP contribution is -2.54. The van der Waals surface area contributed by atoms with E-state index in [2.05, 4.69) is 42.4 Å². The van der Waals surface area contributed by atoms with Crippen molar-refractivity contribution in [2.45, 2.75) is 56.6 Å². The maximum Gasteiger partial charge on any atom is 0.0800 e. The van der Waals surface area contributed by atoms with Gasteiger partial charge in [-0.15, -0.1) is 0 Å². The summed E-state index contributed by atoms with van der Waals surface area (Å²) in [5.41, 5.74) is 0.138. The molecular weight excluding hydrogens is 292 g/mol. The fourth-order valence-electron chi connectivity index (χ4n) is 3.49. The van der Waals surface area contributed by atoms with Crippen molar-refractivity contribution in [2.75, 3.05) is 0 Å². The maximum absolute atomic E-state index is 10.1. The Hall–Kier alpha value is -0.120. The zero-order chi connectivity index (χ0) is 13.8. The lowest BCUT2D eigenvalue weighted by atomic mass is 9.51. The van der Waals surface area contributed by atoms with Crippen LogP contribution in [0.25, 0.3) is 0 Å². The van der Waals surface area contributed by atoms with Crippen molar-refractivity contribution >= 4 is 15.9 Å². The molecule has 0 aliphatic heterocycles. The fourth-order valence-corrected chi connectivity index (χ4v) is 4.09. The zero-order valence-corrected chi connectivity index (χ0v) is 13.0. The van der Waals surface area contributed by atoms with Crippen LogP contribution in [0.2, 0.25) is 0 Å². The van der Waals surface area contributed by atoms with E-state index < -0.39 is 5.60 Å². The Morgan fingerprint density at radius 3 is 2.39 bits per heavy atom. The molecule has 1 fully saturated rings. The topological polar surface area (TPSA) is 40.5 Å². The van der Waals surface area contributed by atoms with Crippen molar-refractivity contribution in [2.24, 2.45) is 10.8 Å². The van der Waals surface area contributed by atoms with Gasteiger partial charge < -0.3 is 10.2 Å². The molecule has 0 bridgehead atoms. The summed E-state index contributed by atoms with van der Waals surface area (Å²) in [5.74, 6) is 0. The second-order valence-corrected chi connectivity index (χ2v) is 7.65. The summed E-state index contributed by atoms with van der Waals surface area (Å²) in [7, 11) is 0. The van der Waals surface area contributed by atoms with E-state index in [9.17, 15) is 10.2 Å². The molecule has 1 saturated carbocycles. The smallest absolute Gasteiger partial charge is 0.0800 e. The molecule has 0 unspecified atom stereocenters. The van der Waals surface area contributed by atoms with Gasteiger partial charge in [0.05, 0.1) is 11.7 Å². The molecule has 102 valence electrons. The van der Waals surface area contributed by atoms with E-state index in [1.54, 1.807) is 0 Å². The minimum absolute atomic E-state index is 0.0446. The van der Waals surface area contributed by atoms with Crippen LogP contribution >= 0.6 is 15.9 Å². The Bertz CT molecular complexity index is 397. The molecule has 2 N–H and O–H groups in total. The number of alkyl halides is 1. The van der Waals surface area contributed by atoms with E-state index in [1.165, 1.54) is 0 Å². The number of hydrogen-bond donors (Lipinski definition) is 2. The van der Waals surface area contributed by atoms with Crippen LogP contribution in [0.15, 0.2) is 24.3 Å². The SMILES string of the molecule is C=C1C[C@@H](O)[C@@H](Br)C(C)(C)[C@@]12C=C[C@](C)(O)CC2. The number of allylic oxidation sites excluding steroid dienone is 1. The van der Waals surface area contributed by atoms with Gasteiger partial charge in [0.2, 0.25) is 0 Å². The first-order valence-electron chi connectivity index (χ1n) is 6.56. The average molecular weight is 315 g/mol. The van der Waals surface area contributed by atoms with Crippen molar-refractivity contribution in [3.8, 4) is 0 Å². The third-order valence-electron chi connectivity index (χ3n) is 5.02. The lowest BCUT2D eigenvalue weighted by Gasteiger charge is -2.56. The van der Waals surface area contributed by atoms with Crippen LogP contribution in [-0.4, -0.2) is 26.7 Å². The highest BCUT2D eigenvalue weighted by Crippen LogP contribution is 2.60. The number of halogens is 1. The molecule has 4 atom stereocenters. The van der Waals surface area contributed by atoms with Crippen LogP contribution in [0.1, 0.15) is 40.0 Å². The van der Waals surface area contributed by atoms with Crippen LogP contribution in [0.5, 0.6) is 0 Å². The third-order valence-corrected chi connectivity index (χ3v) is 6.77. The second kappa shape index (κ2) is 4.19. The molecule has 0 amide bonds. The van der Waals surface area contributed by atoms with Crippen LogP contribution in [-0.2, 0) is 0 Å². The normalized spacial score (nSPS) is 47.6. The van der Waals surface area contributed by atoms with Gasteiger partial charge in [0.15, 0.2) is 0 Å². The molecule has 2 rings (SSSR count). The highest BCUT2D eigenvalue weighted by atomic mass is 79.9. The van der Waals surface area contributed by atoms with Gasteiger partial charge in [-0.3, -0.25) is 0 Å². The summed E-state index contributed by atoms with van der Waals surface area (Å²) < 4.78 is 0. The van der Waals surface area contributed by atoms with Crippen molar-refractivity contribution < 1.29 is 10.2 Å². The van der Waals surface area contributed by atoms with Crippen molar-refractivity contribution in [1.29, 1.82) is 0 Å². The van der Waals surface area contributed by atoms with Crippen LogP contribution in [0.3, 0.4) is 0 Å². The minimum atomic E-state index is -0.709. The highest BCUT2D eigenvalue weighted by molar-refractivity contribution is 9.09. The van der Waals surface area contributed by atoms with Gasteiger partial charge >= 0.3 is 0 Å². The van der Waals surface area contributed by atoms with Gasteiger partial charge in [0.25, 0.3) is 0 Å². The summed E-state index contributed by atoms with van der Waals surface area (Å²) in [6, 6.07) is 0. The van der Waals surface area contributed by atoms with Gasteiger partial charge in [-0.2, -0.15) is 0 Å². The summed E-state index contributed by atoms with van der Waals surface area (Å²) in [6.07, 6.45) is 5.90. The van der Waals surface area contributed by atoms with E-state index >= 15 is 0 Å². The first-order valence-corrected chi connectivity index (χ1v) is 7.47. The quantitative estimate of drug-likeness (QED) is 0.532. The largest absolute Gasteiger partial charge is 0.392 e. The molecule has 0 radical (unpaired) electrons. The third kappa shape index (κ3) is 1.91. The molecule has 18 heavy (non-hydrogen) atoms. The maximum atomic E-state index is 10.1. The molecule has 0 aromatic rings. The van der Waals surface area contributed by atoms with E-state index in [0.29, 0.717) is 6.42 Å². The average Bonchev–Trinajstić information content (AvgIpc) is 2.26. The Labute approximate surface area is 118 Å². The minimum Gasteiger partial charge on any atom is -0.392 e. The van der Waals surface area contributed by atoms with Crippen LogP contribution in [0, 0.1) is 10.8 Å². The number of aliphatic hydroxyl groups excluding tert-OH is 1. The Morgan fingerprint density at radius 2 is 1.89 bits per heavy atom. The van der Waals surface area contributed by atoms with E-state index in [0.717, 1.165) is 18.4 Å². The van der Waals surface area contributed by atoms with Crippen molar-refractivity contribution in [3.63, 3.8) is 0 Å². The predicted octanol–water partition coefficient (Wildman–Crippen LogP) is 3.18. The molecule has 1 spiro atoms. The number of rotatable bonds is 0. The Kier molecular flexibility index (Phi) is 3.33. The monoisotopic (exact) mass is 314 g/mol. The first-order chi connectivity index (χ1) is 8.12. The zero-order valence-electron chi connectivity index (χ0n) is 11.4. The first kappa shape index (κ1) is 14.3.